The number of para-hydroxylation sites is 1. The number of rotatable bonds is 9. The molecule has 0 aliphatic heterocycles. The third-order valence-corrected chi connectivity index (χ3v) is 19.2. The second kappa shape index (κ2) is 25.2. The third-order valence-electron chi connectivity index (χ3n) is 19.2. The van der Waals surface area contributed by atoms with Crippen molar-refractivity contribution in [2.45, 2.75) is 0 Å². The van der Waals surface area contributed by atoms with Crippen molar-refractivity contribution in [1.82, 2.24) is 49.8 Å². The number of pyridine rings is 7. The zero-order valence-electron chi connectivity index (χ0n) is 54.8. The Morgan fingerprint density at radius 1 is 0.176 bits per heavy atom. The molecule has 8 heterocycles. The Bertz CT molecular complexity index is 6590. The van der Waals surface area contributed by atoms with Crippen LogP contribution in [0.15, 0.2) is 340 Å². The van der Waals surface area contributed by atoms with Crippen molar-refractivity contribution in [2.75, 3.05) is 0 Å². The number of aromatic nitrogens is 10. The van der Waals surface area contributed by atoms with Gasteiger partial charge < -0.3 is 0 Å². The van der Waals surface area contributed by atoms with Crippen molar-refractivity contribution in [2.24, 2.45) is 0 Å². The molecule has 0 atom stereocenters. The van der Waals surface area contributed by atoms with Crippen LogP contribution in [-0.4, -0.2) is 49.8 Å². The van der Waals surface area contributed by atoms with Crippen LogP contribution in [0.3, 0.4) is 0 Å². The van der Waals surface area contributed by atoms with Crippen LogP contribution in [0.2, 0.25) is 0 Å². The summed E-state index contributed by atoms with van der Waals surface area (Å²) in [6.07, 6.45) is 3.67. The summed E-state index contributed by atoms with van der Waals surface area (Å²) >= 11 is 0. The highest BCUT2D eigenvalue weighted by molar-refractivity contribution is 6.21. The lowest BCUT2D eigenvalue weighted by Gasteiger charge is -2.17. The van der Waals surface area contributed by atoms with Crippen LogP contribution in [0.5, 0.6) is 0 Å². The van der Waals surface area contributed by atoms with E-state index < -0.39 is 0 Å². The number of hydrogen-bond donors (Lipinski definition) is 0. The lowest BCUT2D eigenvalue weighted by Crippen LogP contribution is -2.01. The minimum absolute atomic E-state index is 0.528. The second-order valence-electron chi connectivity index (χ2n) is 25.5. The Morgan fingerprint density at radius 3 is 1.04 bits per heavy atom. The highest BCUT2D eigenvalue weighted by Gasteiger charge is 2.21. The molecular weight excluding hydrogens is 1250 g/mol. The first kappa shape index (κ1) is 59.3. The highest BCUT2D eigenvalue weighted by Crippen LogP contribution is 2.44. The van der Waals surface area contributed by atoms with Gasteiger partial charge in [-0.1, -0.05) is 237 Å². The van der Waals surface area contributed by atoms with E-state index in [1.54, 1.807) is 0 Å². The van der Waals surface area contributed by atoms with Gasteiger partial charge in [0.05, 0.1) is 61.4 Å². The topological polar surface area (TPSA) is 129 Å². The largest absolute Gasteiger partial charge is 0.256 e. The molecule has 474 valence electrons. The molecule has 0 aliphatic rings. The quantitative estimate of drug-likeness (QED) is 0.102. The molecule has 10 nitrogen and oxygen atoms in total. The average Bonchev–Trinajstić information content (AvgIpc) is 0.729. The van der Waals surface area contributed by atoms with Gasteiger partial charge in [-0.05, 0) is 135 Å². The van der Waals surface area contributed by atoms with E-state index in [4.69, 9.17) is 44.9 Å². The Hall–Kier alpha value is -14.0. The van der Waals surface area contributed by atoms with E-state index in [-0.39, 0.29) is 0 Å². The van der Waals surface area contributed by atoms with Gasteiger partial charge in [0.2, 0.25) is 0 Å². The van der Waals surface area contributed by atoms with Crippen molar-refractivity contribution < 1.29 is 0 Å². The van der Waals surface area contributed by atoms with Gasteiger partial charge in [0.15, 0.2) is 17.5 Å². The molecule has 0 saturated carbocycles. The van der Waals surface area contributed by atoms with E-state index >= 15 is 0 Å². The summed E-state index contributed by atoms with van der Waals surface area (Å²) < 4.78 is 0. The molecule has 0 radical (unpaired) electrons. The normalized spacial score (nSPS) is 11.5. The molecule has 12 aromatic carbocycles. The van der Waals surface area contributed by atoms with Crippen LogP contribution >= 0.6 is 0 Å². The van der Waals surface area contributed by atoms with E-state index in [1.807, 2.05) is 109 Å². The van der Waals surface area contributed by atoms with Crippen LogP contribution in [0.1, 0.15) is 0 Å². The van der Waals surface area contributed by atoms with E-state index in [0.29, 0.717) is 23.2 Å². The van der Waals surface area contributed by atoms with Crippen molar-refractivity contribution in [3.05, 3.63) is 340 Å². The number of hydrogen-bond acceptors (Lipinski definition) is 10. The van der Waals surface area contributed by atoms with Crippen LogP contribution in [0.25, 0.3) is 199 Å². The Morgan fingerprint density at radius 2 is 0.529 bits per heavy atom. The summed E-state index contributed by atoms with van der Waals surface area (Å²) in [7, 11) is 0. The zero-order valence-corrected chi connectivity index (χ0v) is 54.8. The van der Waals surface area contributed by atoms with Crippen LogP contribution in [0.4, 0.5) is 0 Å². The van der Waals surface area contributed by atoms with Gasteiger partial charge in [-0.3, -0.25) is 9.97 Å². The smallest absolute Gasteiger partial charge is 0.182 e. The predicted molar refractivity (Wildman–Crippen MR) is 417 cm³/mol. The summed E-state index contributed by atoms with van der Waals surface area (Å²) in [5.41, 5.74) is 21.8. The maximum atomic E-state index is 5.35. The molecule has 20 aromatic rings. The maximum absolute atomic E-state index is 5.35. The van der Waals surface area contributed by atoms with E-state index in [9.17, 15) is 0 Å². The van der Waals surface area contributed by atoms with Gasteiger partial charge in [0.1, 0.15) is 5.69 Å². The molecule has 8 aromatic heterocycles. The molecule has 20 rings (SSSR count). The summed E-state index contributed by atoms with van der Waals surface area (Å²) in [4.78, 5) is 49.5. The molecule has 0 amide bonds. The van der Waals surface area contributed by atoms with E-state index in [0.717, 1.165) is 171 Å². The van der Waals surface area contributed by atoms with Gasteiger partial charge in [-0.25, -0.2) is 39.9 Å². The van der Waals surface area contributed by atoms with Gasteiger partial charge >= 0.3 is 0 Å². The van der Waals surface area contributed by atoms with Crippen LogP contribution < -0.4 is 0 Å². The molecule has 0 N–H and O–H groups in total. The summed E-state index contributed by atoms with van der Waals surface area (Å²) in [5, 5.41) is 12.1. The zero-order chi connectivity index (χ0) is 67.5. The van der Waals surface area contributed by atoms with Crippen molar-refractivity contribution >= 4 is 97.9 Å². The van der Waals surface area contributed by atoms with E-state index in [1.165, 1.54) is 5.56 Å². The lowest BCUT2D eigenvalue weighted by atomic mass is 9.88. The lowest BCUT2D eigenvalue weighted by molar-refractivity contribution is 1.06. The van der Waals surface area contributed by atoms with Crippen LogP contribution in [0, 0.1) is 0 Å². The van der Waals surface area contributed by atoms with Gasteiger partial charge in [0.25, 0.3) is 0 Å². The standard InChI is InChI=1S/C59H35N7.C33H21N3/c1-3-12-38(13-4-1)57-64-58(39-14-5-2-6-15-39)66-59(65-57)52-32-27-43-35-41(25-29-49(43)62-52)40-24-28-48-42(34-40)26-31-50(61-48)53-44-17-7-9-19-46(44)54(47-20-10-8-18-45(47)53)51-30-23-37-22-21-36-16-11-33-60-55(36)56(37)63-51;1-2-6-22(7-3-1)29-17-13-26-20-24(11-15-30(26)35-29)25-12-16-31-27(21-25)14-18-32(36-31)28-10-4-8-23-9-5-19-34-33(23)28/h1-35H;1-21H. The number of nitrogens with zero attached hydrogens (tertiary/aromatic N) is 10. The average molecular weight is 1300 g/mol. The monoisotopic (exact) mass is 1300 g/mol. The molecule has 0 spiro atoms. The fourth-order valence-corrected chi connectivity index (χ4v) is 14.2. The summed E-state index contributed by atoms with van der Waals surface area (Å²) in [6, 6.07) is 113. The van der Waals surface area contributed by atoms with Crippen molar-refractivity contribution in [1.29, 1.82) is 0 Å². The number of fused-ring (bicyclic) bond motifs is 10. The highest BCUT2D eigenvalue weighted by atomic mass is 15.0. The number of benzene rings is 12. The predicted octanol–water partition coefficient (Wildman–Crippen LogP) is 22.7. The SMILES string of the molecule is c1ccc(-c2ccc3cc(-c4ccc5nc(-c6cccc7cccnc67)ccc5c4)ccc3n2)cc1.c1ccc(-c2nc(-c3ccccc3)nc(-c3ccc4cc(-c5ccc6nc(-c7c8ccccc8c(-c8ccc9ccc%10cccnc%10c9n8)c8ccccc78)ccc6c5)ccc4n3)n2)cc1. The Balaban J connectivity index is 0.000000168. The molecule has 0 fully saturated rings. The first-order valence-electron chi connectivity index (χ1n) is 34.0. The minimum Gasteiger partial charge on any atom is -0.256 e. The van der Waals surface area contributed by atoms with E-state index in [2.05, 4.69) is 236 Å². The summed E-state index contributed by atoms with van der Waals surface area (Å²) in [5.74, 6) is 1.74. The molecule has 0 saturated heterocycles. The molecule has 102 heavy (non-hydrogen) atoms. The molecule has 10 heteroatoms. The first-order chi connectivity index (χ1) is 50.5. The van der Waals surface area contributed by atoms with Gasteiger partial charge in [-0.2, -0.15) is 0 Å². The minimum atomic E-state index is 0.528. The van der Waals surface area contributed by atoms with Crippen molar-refractivity contribution in [3.8, 4) is 102 Å². The van der Waals surface area contributed by atoms with Gasteiger partial charge in [-0.15, -0.1) is 0 Å². The fraction of sp³-hybridized carbons (Fsp3) is 0. The van der Waals surface area contributed by atoms with Gasteiger partial charge in [0, 0.05) is 83.5 Å². The van der Waals surface area contributed by atoms with Crippen molar-refractivity contribution in [3.63, 3.8) is 0 Å². The molecule has 0 unspecified atom stereocenters. The summed E-state index contributed by atoms with van der Waals surface area (Å²) in [6.45, 7) is 0. The molecule has 0 aliphatic carbocycles. The molecular formula is C92H56N10. The molecule has 0 bridgehead atoms. The third kappa shape index (κ3) is 11.0. The Labute approximate surface area is 585 Å². The Kier molecular flexibility index (Phi) is 14.6. The van der Waals surface area contributed by atoms with Crippen LogP contribution in [-0.2, 0) is 0 Å². The first-order valence-corrected chi connectivity index (χ1v) is 34.0. The fourth-order valence-electron chi connectivity index (χ4n) is 14.2. The second-order valence-corrected chi connectivity index (χ2v) is 25.5. The maximum Gasteiger partial charge on any atom is 0.182 e.